The summed E-state index contributed by atoms with van der Waals surface area (Å²) in [5, 5.41) is 2.83. The Bertz CT molecular complexity index is 609. The molecular weight excluding hydrogens is 414 g/mol. The van der Waals surface area contributed by atoms with Crippen molar-refractivity contribution in [1.29, 1.82) is 0 Å². The lowest BCUT2D eigenvalue weighted by atomic mass is 10.4. The molecule has 0 unspecified atom stereocenters. The Morgan fingerprint density at radius 2 is 2.05 bits per heavy atom. The van der Waals surface area contributed by atoms with Crippen LogP contribution in [-0.4, -0.2) is 63.3 Å². The van der Waals surface area contributed by atoms with Crippen LogP contribution in [0.5, 0.6) is 0 Å². The lowest BCUT2D eigenvalue weighted by Gasteiger charge is -2.21. The van der Waals surface area contributed by atoms with Gasteiger partial charge in [0.1, 0.15) is 4.21 Å². The maximum Gasteiger partial charge on any atom is 0.252 e. The van der Waals surface area contributed by atoms with Crippen LogP contribution in [0.1, 0.15) is 6.42 Å². The predicted molar refractivity (Wildman–Crippen MR) is 93.1 cm³/mol. The second-order valence-electron chi connectivity index (χ2n) is 4.73. The van der Waals surface area contributed by atoms with Gasteiger partial charge in [0.25, 0.3) is 10.0 Å². The van der Waals surface area contributed by atoms with Crippen molar-refractivity contribution in [1.82, 2.24) is 14.5 Å². The summed E-state index contributed by atoms with van der Waals surface area (Å²) in [7, 11) is -1.73. The highest BCUT2D eigenvalue weighted by Gasteiger charge is 2.29. The number of hydrogen-bond acceptors (Lipinski definition) is 5. The second kappa shape index (κ2) is 8.60. The first-order chi connectivity index (χ1) is 9.95. The van der Waals surface area contributed by atoms with Crippen LogP contribution in [0.2, 0.25) is 0 Å². The minimum absolute atomic E-state index is 0. The van der Waals surface area contributed by atoms with Gasteiger partial charge in [0.2, 0.25) is 5.91 Å². The van der Waals surface area contributed by atoms with Gasteiger partial charge >= 0.3 is 0 Å². The molecule has 1 saturated heterocycles. The molecular formula is C12H19BrClN3O3S2. The van der Waals surface area contributed by atoms with Crippen LogP contribution >= 0.6 is 39.7 Å². The number of rotatable bonds is 4. The average molecular weight is 433 g/mol. The van der Waals surface area contributed by atoms with Gasteiger partial charge in [-0.25, -0.2) is 8.42 Å². The summed E-state index contributed by atoms with van der Waals surface area (Å²) in [6.07, 6.45) is 0.654. The fourth-order valence-corrected chi connectivity index (χ4v) is 5.84. The number of carbonyl (C=O) groups is 1. The van der Waals surface area contributed by atoms with E-state index in [-0.39, 0.29) is 24.9 Å². The zero-order valence-corrected chi connectivity index (χ0v) is 16.2. The van der Waals surface area contributed by atoms with Crippen LogP contribution in [-0.2, 0) is 14.8 Å². The smallest absolute Gasteiger partial charge is 0.252 e. The van der Waals surface area contributed by atoms with Crippen LogP contribution in [0.4, 0.5) is 0 Å². The Kier molecular flexibility index (Phi) is 7.76. The zero-order chi connectivity index (χ0) is 15.5. The molecule has 0 bridgehead atoms. The van der Waals surface area contributed by atoms with Gasteiger partial charge in [-0.3, -0.25) is 4.79 Å². The van der Waals surface area contributed by atoms with Gasteiger partial charge in [-0.05, 0) is 41.5 Å². The van der Waals surface area contributed by atoms with Crippen molar-refractivity contribution < 1.29 is 13.2 Å². The van der Waals surface area contributed by atoms with E-state index in [0.29, 0.717) is 36.8 Å². The van der Waals surface area contributed by atoms with Gasteiger partial charge in [0.05, 0.1) is 10.3 Å². The normalized spacial score (nSPS) is 16.9. The maximum absolute atomic E-state index is 12.6. The first kappa shape index (κ1) is 19.9. The van der Waals surface area contributed by atoms with E-state index in [2.05, 4.69) is 21.2 Å². The monoisotopic (exact) mass is 431 g/mol. The second-order valence-corrected chi connectivity index (χ2v) is 9.36. The molecule has 0 aliphatic carbocycles. The Balaban J connectivity index is 0.00000242. The van der Waals surface area contributed by atoms with Crippen LogP contribution in [0.15, 0.2) is 20.1 Å². The molecule has 2 heterocycles. The van der Waals surface area contributed by atoms with Gasteiger partial charge < -0.3 is 10.2 Å². The molecule has 0 atom stereocenters. The zero-order valence-electron chi connectivity index (χ0n) is 12.1. The molecule has 126 valence electrons. The molecule has 1 aromatic rings. The number of thiophene rings is 1. The molecule has 1 aliphatic rings. The Hall–Kier alpha value is -0.190. The summed E-state index contributed by atoms with van der Waals surface area (Å²) in [5.41, 5.74) is 0. The highest BCUT2D eigenvalue weighted by atomic mass is 79.9. The number of nitrogens with one attached hydrogen (secondary N) is 1. The third-order valence-electron chi connectivity index (χ3n) is 3.28. The first-order valence-electron chi connectivity index (χ1n) is 6.63. The standard InChI is InChI=1S/C12H18BrN3O3S2.ClH/c1-14-9-11(17)15-5-2-6-16(8-7-15)21(18,19)12-4-3-10(13)20-12;/h3-4,14H,2,5-9H2,1H3;1H. The Morgan fingerprint density at radius 3 is 2.64 bits per heavy atom. The number of nitrogens with zero attached hydrogens (tertiary/aromatic N) is 2. The largest absolute Gasteiger partial charge is 0.340 e. The van der Waals surface area contributed by atoms with Crippen LogP contribution in [0.3, 0.4) is 0 Å². The summed E-state index contributed by atoms with van der Waals surface area (Å²) in [5.74, 6) is 0.00983. The van der Waals surface area contributed by atoms with Crippen LogP contribution in [0, 0.1) is 0 Å². The molecule has 10 heteroatoms. The minimum atomic E-state index is -3.46. The van der Waals surface area contributed by atoms with E-state index in [1.807, 2.05) is 0 Å². The van der Waals surface area contributed by atoms with Crippen molar-refractivity contribution in [2.75, 3.05) is 39.8 Å². The van der Waals surface area contributed by atoms with Crippen molar-refractivity contribution in [3.05, 3.63) is 15.9 Å². The third kappa shape index (κ3) is 4.65. The van der Waals surface area contributed by atoms with Gasteiger partial charge in [0, 0.05) is 26.2 Å². The maximum atomic E-state index is 12.6. The molecule has 6 nitrogen and oxygen atoms in total. The van der Waals surface area contributed by atoms with E-state index < -0.39 is 10.0 Å². The van der Waals surface area contributed by atoms with Crippen molar-refractivity contribution in [3.8, 4) is 0 Å². The fraction of sp³-hybridized carbons (Fsp3) is 0.583. The van der Waals surface area contributed by atoms with Crippen molar-refractivity contribution in [2.24, 2.45) is 0 Å². The Morgan fingerprint density at radius 1 is 1.32 bits per heavy atom. The fourth-order valence-electron chi connectivity index (χ4n) is 2.21. The molecule has 22 heavy (non-hydrogen) atoms. The van der Waals surface area contributed by atoms with Gasteiger partial charge in [-0.1, -0.05) is 0 Å². The molecule has 0 aromatic carbocycles. The van der Waals surface area contributed by atoms with E-state index in [1.54, 1.807) is 24.1 Å². The Labute approximate surface area is 149 Å². The number of hydrogen-bond donors (Lipinski definition) is 1. The molecule has 1 amide bonds. The summed E-state index contributed by atoms with van der Waals surface area (Å²) in [6.45, 7) is 2.10. The lowest BCUT2D eigenvalue weighted by molar-refractivity contribution is -0.129. The topological polar surface area (TPSA) is 69.7 Å². The van der Waals surface area contributed by atoms with Crippen LogP contribution in [0.25, 0.3) is 0 Å². The molecule has 0 saturated carbocycles. The lowest BCUT2D eigenvalue weighted by Crippen LogP contribution is -2.40. The molecule has 1 N–H and O–H groups in total. The van der Waals surface area contributed by atoms with Crippen molar-refractivity contribution >= 4 is 55.6 Å². The summed E-state index contributed by atoms with van der Waals surface area (Å²) < 4.78 is 27.7. The van der Waals surface area contributed by atoms with Gasteiger partial charge in [0.15, 0.2) is 0 Å². The van der Waals surface area contributed by atoms with E-state index in [0.717, 1.165) is 3.79 Å². The number of halogens is 2. The van der Waals surface area contributed by atoms with E-state index in [9.17, 15) is 13.2 Å². The van der Waals surface area contributed by atoms with Crippen LogP contribution < -0.4 is 5.32 Å². The highest BCUT2D eigenvalue weighted by Crippen LogP contribution is 2.28. The number of carbonyl (C=O) groups excluding carboxylic acids is 1. The quantitative estimate of drug-likeness (QED) is 0.780. The van der Waals surface area contributed by atoms with E-state index in [4.69, 9.17) is 0 Å². The third-order valence-corrected chi connectivity index (χ3v) is 7.27. The van der Waals surface area contributed by atoms with E-state index >= 15 is 0 Å². The van der Waals surface area contributed by atoms with E-state index in [1.165, 1.54) is 15.6 Å². The first-order valence-corrected chi connectivity index (χ1v) is 9.68. The van der Waals surface area contributed by atoms with Crippen molar-refractivity contribution in [2.45, 2.75) is 10.6 Å². The summed E-state index contributed by atoms with van der Waals surface area (Å²) >= 11 is 4.49. The molecule has 2 rings (SSSR count). The summed E-state index contributed by atoms with van der Waals surface area (Å²) in [6, 6.07) is 3.34. The molecule has 1 fully saturated rings. The number of sulfonamides is 1. The summed E-state index contributed by atoms with van der Waals surface area (Å²) in [4.78, 5) is 13.6. The molecule has 1 aliphatic heterocycles. The number of amides is 1. The highest BCUT2D eigenvalue weighted by molar-refractivity contribution is 9.11. The molecule has 0 radical (unpaired) electrons. The molecule has 0 spiro atoms. The van der Waals surface area contributed by atoms with Crippen molar-refractivity contribution in [3.63, 3.8) is 0 Å². The van der Waals surface area contributed by atoms with Gasteiger partial charge in [-0.2, -0.15) is 4.31 Å². The predicted octanol–water partition coefficient (Wildman–Crippen LogP) is 1.37. The number of likely N-dealkylation sites (N-methyl/N-ethyl adjacent to an activating group) is 1. The molecule has 1 aromatic heterocycles. The average Bonchev–Trinajstić information content (AvgIpc) is 2.74. The van der Waals surface area contributed by atoms with Gasteiger partial charge in [-0.15, -0.1) is 23.7 Å². The SMILES string of the molecule is CNCC(=O)N1CCCN(S(=O)(=O)c2ccc(Br)s2)CC1.Cl. The minimum Gasteiger partial charge on any atom is -0.340 e.